The number of carbonyl (C=O) groups excluding carboxylic acids is 1. The third-order valence-electron chi connectivity index (χ3n) is 3.71. The summed E-state index contributed by atoms with van der Waals surface area (Å²) < 4.78 is 44.3. The molecule has 0 aliphatic carbocycles. The highest BCUT2D eigenvalue weighted by molar-refractivity contribution is 5.99. The minimum Gasteiger partial charge on any atom is -0.479 e. The van der Waals surface area contributed by atoms with E-state index in [0.29, 0.717) is 0 Å². The summed E-state index contributed by atoms with van der Waals surface area (Å²) >= 11 is 0. The Bertz CT molecular complexity index is 871. The average molecular weight is 387 g/mol. The van der Waals surface area contributed by atoms with Gasteiger partial charge < -0.3 is 14.9 Å². The van der Waals surface area contributed by atoms with E-state index in [1.807, 2.05) is 0 Å². The van der Waals surface area contributed by atoms with Crippen LogP contribution in [0.3, 0.4) is 0 Å². The molecule has 10 nitrogen and oxygen atoms in total. The Balaban J connectivity index is 1.85. The molecule has 1 fully saturated rings. The first-order valence-electron chi connectivity index (χ1n) is 7.48. The van der Waals surface area contributed by atoms with E-state index in [4.69, 9.17) is 9.84 Å². The summed E-state index contributed by atoms with van der Waals surface area (Å²) in [5.41, 5.74) is -1.24. The summed E-state index contributed by atoms with van der Waals surface area (Å²) in [4.78, 5) is 24.3. The molecule has 1 saturated heterocycles. The largest absolute Gasteiger partial charge is 0.479 e. The minimum atomic E-state index is -4.68. The zero-order valence-electron chi connectivity index (χ0n) is 13.4. The van der Waals surface area contributed by atoms with Crippen molar-refractivity contribution in [2.45, 2.75) is 18.4 Å². The second-order valence-electron chi connectivity index (χ2n) is 5.48. The molecule has 0 saturated carbocycles. The van der Waals surface area contributed by atoms with E-state index in [0.717, 1.165) is 21.8 Å². The van der Waals surface area contributed by atoms with Gasteiger partial charge in [0.2, 0.25) is 0 Å². The van der Waals surface area contributed by atoms with Gasteiger partial charge in [0.15, 0.2) is 23.7 Å². The number of anilines is 1. The van der Waals surface area contributed by atoms with E-state index in [2.05, 4.69) is 15.3 Å². The van der Waals surface area contributed by atoms with Crippen molar-refractivity contribution in [1.29, 1.82) is 0 Å². The molecule has 1 aliphatic heterocycles. The Labute approximate surface area is 148 Å². The van der Waals surface area contributed by atoms with Gasteiger partial charge in [-0.2, -0.15) is 18.3 Å². The van der Waals surface area contributed by atoms with Crippen LogP contribution in [0.25, 0.3) is 5.69 Å². The van der Waals surface area contributed by atoms with Gasteiger partial charge in [0.25, 0.3) is 5.91 Å². The second kappa shape index (κ2) is 6.92. The molecule has 0 radical (unpaired) electrons. The highest BCUT2D eigenvalue weighted by atomic mass is 19.4. The second-order valence-corrected chi connectivity index (χ2v) is 5.48. The molecule has 3 rings (SSSR count). The fourth-order valence-corrected chi connectivity index (χ4v) is 2.41. The molecular weight excluding hydrogens is 375 g/mol. The van der Waals surface area contributed by atoms with Gasteiger partial charge in [-0.3, -0.25) is 9.69 Å². The molecule has 144 valence electrons. The van der Waals surface area contributed by atoms with E-state index in [-0.39, 0.29) is 24.7 Å². The van der Waals surface area contributed by atoms with E-state index in [1.54, 1.807) is 0 Å². The van der Waals surface area contributed by atoms with Gasteiger partial charge in [-0.15, -0.1) is 10.2 Å². The Morgan fingerprint density at radius 1 is 1.41 bits per heavy atom. The van der Waals surface area contributed by atoms with Crippen molar-refractivity contribution in [2.24, 2.45) is 0 Å². The van der Waals surface area contributed by atoms with Crippen LogP contribution in [-0.2, 0) is 20.5 Å². The summed E-state index contributed by atoms with van der Waals surface area (Å²) in [5, 5.41) is 28.7. The molecule has 27 heavy (non-hydrogen) atoms. The lowest BCUT2D eigenvalue weighted by Gasteiger charge is -2.31. The number of morpholine rings is 1. The van der Waals surface area contributed by atoms with Crippen molar-refractivity contribution in [3.8, 4) is 5.69 Å². The van der Waals surface area contributed by atoms with Crippen molar-refractivity contribution in [2.75, 3.05) is 18.1 Å². The van der Waals surface area contributed by atoms with Gasteiger partial charge in [0, 0.05) is 12.3 Å². The number of ether oxygens (including phenoxy) is 1. The lowest BCUT2D eigenvalue weighted by Crippen LogP contribution is -2.54. The maximum Gasteiger partial charge on any atom is 0.435 e. The number of carboxylic acids is 1. The van der Waals surface area contributed by atoms with Crippen molar-refractivity contribution in [3.05, 3.63) is 30.2 Å². The Morgan fingerprint density at radius 2 is 2.15 bits per heavy atom. The average Bonchev–Trinajstić information content (AvgIpc) is 3.10. The van der Waals surface area contributed by atoms with Crippen LogP contribution >= 0.6 is 0 Å². The molecule has 2 atom stereocenters. The highest BCUT2D eigenvalue weighted by Gasteiger charge is 2.40. The number of carbonyl (C=O) groups is 2. The van der Waals surface area contributed by atoms with Crippen LogP contribution in [0.2, 0.25) is 0 Å². The quantitative estimate of drug-likeness (QED) is 0.741. The standard InChI is InChI=1S/C14H12F3N5O5/c15-14(16,17)8-5-7(6-18-19-8)22-2-1-9(20-22)21-3-4-27-11(12(21)24)10(23)13(25)26/h1-2,5-6,10-11,23H,3-4H2,(H,25,26). The van der Waals surface area contributed by atoms with E-state index < -0.39 is 36.0 Å². The monoisotopic (exact) mass is 387 g/mol. The van der Waals surface area contributed by atoms with Gasteiger partial charge >= 0.3 is 12.1 Å². The zero-order chi connectivity index (χ0) is 19.8. The maximum atomic E-state index is 12.7. The first-order valence-corrected chi connectivity index (χ1v) is 7.48. The van der Waals surface area contributed by atoms with Crippen LogP contribution in [0.4, 0.5) is 19.0 Å². The fourth-order valence-electron chi connectivity index (χ4n) is 2.41. The number of rotatable bonds is 4. The summed E-state index contributed by atoms with van der Waals surface area (Å²) in [6.07, 6.45) is -5.98. The number of hydrogen-bond donors (Lipinski definition) is 2. The predicted molar refractivity (Wildman–Crippen MR) is 79.9 cm³/mol. The van der Waals surface area contributed by atoms with Gasteiger partial charge in [-0.1, -0.05) is 0 Å². The normalized spacial score (nSPS) is 19.2. The number of carboxylic acid groups (broad SMARTS) is 1. The summed E-state index contributed by atoms with van der Waals surface area (Å²) in [6.45, 7) is -0.0241. The first kappa shape index (κ1) is 18.7. The smallest absolute Gasteiger partial charge is 0.435 e. The molecule has 1 aliphatic rings. The third-order valence-corrected chi connectivity index (χ3v) is 3.71. The molecule has 2 aromatic heterocycles. The van der Waals surface area contributed by atoms with E-state index in [1.165, 1.54) is 12.3 Å². The number of aromatic nitrogens is 4. The predicted octanol–water partition coefficient (Wildman–Crippen LogP) is -0.142. The van der Waals surface area contributed by atoms with Gasteiger partial charge in [-0.05, 0) is 6.07 Å². The maximum absolute atomic E-state index is 12.7. The molecule has 2 aromatic rings. The van der Waals surface area contributed by atoms with Crippen LogP contribution in [0.5, 0.6) is 0 Å². The molecule has 13 heteroatoms. The summed E-state index contributed by atoms with van der Waals surface area (Å²) in [6, 6.07) is 2.09. The molecule has 2 N–H and O–H groups in total. The van der Waals surface area contributed by atoms with Crippen molar-refractivity contribution in [3.63, 3.8) is 0 Å². The number of alkyl halides is 3. The lowest BCUT2D eigenvalue weighted by atomic mass is 10.1. The summed E-state index contributed by atoms with van der Waals surface area (Å²) in [5.74, 6) is -2.40. The van der Waals surface area contributed by atoms with E-state index in [9.17, 15) is 27.9 Å². The topological polar surface area (TPSA) is 131 Å². The number of nitrogens with zero attached hydrogens (tertiary/aromatic N) is 5. The number of aliphatic carboxylic acids is 1. The Hall–Kier alpha value is -3.06. The lowest BCUT2D eigenvalue weighted by molar-refractivity contribution is -0.163. The van der Waals surface area contributed by atoms with Crippen LogP contribution in [-0.4, -0.2) is 67.4 Å². The Kier molecular flexibility index (Phi) is 4.80. The number of aliphatic hydroxyl groups excluding tert-OH is 1. The van der Waals surface area contributed by atoms with Crippen molar-refractivity contribution >= 4 is 17.7 Å². The van der Waals surface area contributed by atoms with Gasteiger partial charge in [0.1, 0.15) is 0 Å². The third kappa shape index (κ3) is 3.73. The molecule has 0 spiro atoms. The number of halogens is 3. The Morgan fingerprint density at radius 3 is 2.81 bits per heavy atom. The molecule has 0 bridgehead atoms. The molecule has 3 heterocycles. The van der Waals surface area contributed by atoms with Crippen molar-refractivity contribution < 1.29 is 37.7 Å². The van der Waals surface area contributed by atoms with Crippen LogP contribution in [0.15, 0.2) is 24.5 Å². The molecule has 0 aromatic carbocycles. The van der Waals surface area contributed by atoms with Crippen molar-refractivity contribution in [1.82, 2.24) is 20.0 Å². The molecule has 1 amide bonds. The summed E-state index contributed by atoms with van der Waals surface area (Å²) in [7, 11) is 0. The highest BCUT2D eigenvalue weighted by Crippen LogP contribution is 2.28. The minimum absolute atomic E-state index is 0.0289. The van der Waals surface area contributed by atoms with Crippen LogP contribution in [0, 0.1) is 0 Å². The number of hydrogen-bond acceptors (Lipinski definition) is 7. The van der Waals surface area contributed by atoms with Gasteiger partial charge in [-0.25, -0.2) is 9.48 Å². The number of amides is 1. The van der Waals surface area contributed by atoms with Gasteiger partial charge in [0.05, 0.1) is 25.0 Å². The first-order chi connectivity index (χ1) is 12.7. The van der Waals surface area contributed by atoms with Crippen LogP contribution in [0.1, 0.15) is 5.69 Å². The molecular formula is C14H12F3N5O5. The van der Waals surface area contributed by atoms with Crippen LogP contribution < -0.4 is 4.90 Å². The fraction of sp³-hybridized carbons (Fsp3) is 0.357. The SMILES string of the molecule is O=C(O)C(O)C1OCCN(c2ccn(-c3cnnc(C(F)(F)F)c3)n2)C1=O. The number of aliphatic hydroxyl groups is 1. The van der Waals surface area contributed by atoms with E-state index >= 15 is 0 Å². The molecule has 2 unspecified atom stereocenters. The zero-order valence-corrected chi connectivity index (χ0v) is 13.4.